The summed E-state index contributed by atoms with van der Waals surface area (Å²) >= 11 is 0. The van der Waals surface area contributed by atoms with Crippen molar-refractivity contribution in [3.8, 4) is 0 Å². The van der Waals surface area contributed by atoms with Crippen LogP contribution in [0.25, 0.3) is 0 Å². The van der Waals surface area contributed by atoms with Gasteiger partial charge in [0, 0.05) is 6.54 Å². The summed E-state index contributed by atoms with van der Waals surface area (Å²) in [5, 5.41) is 13.2. The molecule has 0 bridgehead atoms. The van der Waals surface area contributed by atoms with Gasteiger partial charge in [-0.2, -0.15) is 0 Å². The molecule has 1 heterocycles. The normalized spacial score (nSPS) is 19.0. The molecule has 9 nitrogen and oxygen atoms in total. The first-order valence-electron chi connectivity index (χ1n) is 6.66. The highest BCUT2D eigenvalue weighted by molar-refractivity contribution is 5.93. The molecule has 1 aliphatic rings. The monoisotopic (exact) mass is 300 g/mol. The molecule has 1 fully saturated rings. The molecule has 1 aliphatic heterocycles. The van der Waals surface area contributed by atoms with Crippen LogP contribution in [-0.4, -0.2) is 65.4 Å². The molecule has 0 spiro atoms. The van der Waals surface area contributed by atoms with E-state index in [-0.39, 0.29) is 12.5 Å². The van der Waals surface area contributed by atoms with E-state index in [1.54, 1.807) is 0 Å². The molecule has 0 unspecified atom stereocenters. The Hall–Kier alpha value is -2.16. The van der Waals surface area contributed by atoms with Crippen LogP contribution in [0.2, 0.25) is 0 Å². The lowest BCUT2D eigenvalue weighted by molar-refractivity contribution is -0.142. The number of carbonyl (C=O) groups excluding carboxylic acids is 3. The number of nitrogens with one attached hydrogen (secondary N) is 2. The van der Waals surface area contributed by atoms with Gasteiger partial charge in [0.05, 0.1) is 6.54 Å². The van der Waals surface area contributed by atoms with E-state index in [0.717, 1.165) is 0 Å². The summed E-state index contributed by atoms with van der Waals surface area (Å²) in [6.45, 7) is 1.20. The maximum absolute atomic E-state index is 12.2. The molecule has 118 valence electrons. The third kappa shape index (κ3) is 4.71. The fourth-order valence-corrected chi connectivity index (χ4v) is 2.19. The van der Waals surface area contributed by atoms with Crippen LogP contribution >= 0.6 is 0 Å². The number of likely N-dealkylation sites (tertiary alicyclic amines) is 1. The van der Waals surface area contributed by atoms with E-state index in [2.05, 4.69) is 10.6 Å². The maximum atomic E-state index is 12.2. The molecule has 1 saturated heterocycles. The van der Waals surface area contributed by atoms with Gasteiger partial charge in [-0.15, -0.1) is 0 Å². The van der Waals surface area contributed by atoms with Crippen LogP contribution in [0.1, 0.15) is 19.8 Å². The van der Waals surface area contributed by atoms with Crippen LogP contribution in [0.3, 0.4) is 0 Å². The van der Waals surface area contributed by atoms with Crippen LogP contribution < -0.4 is 16.4 Å². The van der Waals surface area contributed by atoms with Gasteiger partial charge in [-0.05, 0) is 19.8 Å². The zero-order valence-electron chi connectivity index (χ0n) is 11.8. The van der Waals surface area contributed by atoms with Crippen LogP contribution in [0.5, 0.6) is 0 Å². The number of amides is 3. The molecule has 0 saturated carbocycles. The van der Waals surface area contributed by atoms with Crippen molar-refractivity contribution in [2.75, 3.05) is 19.6 Å². The summed E-state index contributed by atoms with van der Waals surface area (Å²) in [4.78, 5) is 47.1. The molecule has 0 aliphatic carbocycles. The Labute approximate surface area is 121 Å². The summed E-state index contributed by atoms with van der Waals surface area (Å²) in [5.74, 6) is -2.49. The molecule has 0 aromatic rings. The second-order valence-corrected chi connectivity index (χ2v) is 4.79. The Kier molecular flexibility index (Phi) is 6.10. The minimum Gasteiger partial charge on any atom is -0.480 e. The lowest BCUT2D eigenvalue weighted by Gasteiger charge is -2.26. The fourth-order valence-electron chi connectivity index (χ4n) is 2.19. The van der Waals surface area contributed by atoms with Crippen LogP contribution in [0, 0.1) is 0 Å². The first-order valence-corrected chi connectivity index (χ1v) is 6.66. The standard InChI is InChI=1S/C12H20N4O5/c1-7(15-9(17)5-13)12(21)16-4-2-3-8(16)11(20)14-6-10(18)19/h7-8H,2-6,13H2,1H3,(H,14,20)(H,15,17)(H,18,19)/t7-,8-/m0/s1. The molecule has 3 amide bonds. The lowest BCUT2D eigenvalue weighted by Crippen LogP contribution is -2.53. The van der Waals surface area contributed by atoms with Crippen molar-refractivity contribution in [1.29, 1.82) is 0 Å². The minimum atomic E-state index is -1.15. The van der Waals surface area contributed by atoms with E-state index < -0.39 is 36.4 Å². The van der Waals surface area contributed by atoms with E-state index >= 15 is 0 Å². The number of hydrogen-bond donors (Lipinski definition) is 4. The Morgan fingerprint density at radius 3 is 2.62 bits per heavy atom. The summed E-state index contributed by atoms with van der Waals surface area (Å²) in [6.07, 6.45) is 1.11. The van der Waals surface area contributed by atoms with Crippen LogP contribution in [-0.2, 0) is 19.2 Å². The SMILES string of the molecule is C[C@H](NC(=O)CN)C(=O)N1CCC[C@H]1C(=O)NCC(=O)O. The predicted molar refractivity (Wildman–Crippen MR) is 72.0 cm³/mol. The maximum Gasteiger partial charge on any atom is 0.322 e. The quantitative estimate of drug-likeness (QED) is 0.432. The largest absolute Gasteiger partial charge is 0.480 e. The summed E-state index contributed by atoms with van der Waals surface area (Å²) in [5.41, 5.74) is 5.16. The molecule has 5 N–H and O–H groups in total. The number of carbonyl (C=O) groups is 4. The average Bonchev–Trinajstić information content (AvgIpc) is 2.92. The Balaban J connectivity index is 2.63. The highest BCUT2D eigenvalue weighted by atomic mass is 16.4. The number of nitrogens with zero attached hydrogens (tertiary/aromatic N) is 1. The predicted octanol–water partition coefficient (Wildman–Crippen LogP) is -2.36. The molecule has 9 heteroatoms. The van der Waals surface area contributed by atoms with E-state index in [1.807, 2.05) is 0 Å². The third-order valence-corrected chi connectivity index (χ3v) is 3.19. The van der Waals surface area contributed by atoms with E-state index in [4.69, 9.17) is 10.8 Å². The Morgan fingerprint density at radius 2 is 2.05 bits per heavy atom. The van der Waals surface area contributed by atoms with Crippen molar-refractivity contribution in [3.05, 3.63) is 0 Å². The molecule has 2 atom stereocenters. The van der Waals surface area contributed by atoms with Gasteiger partial charge in [0.25, 0.3) is 0 Å². The minimum absolute atomic E-state index is 0.222. The summed E-state index contributed by atoms with van der Waals surface area (Å²) in [6, 6.07) is -1.48. The summed E-state index contributed by atoms with van der Waals surface area (Å²) < 4.78 is 0. The van der Waals surface area contributed by atoms with Gasteiger partial charge in [-0.25, -0.2) is 0 Å². The van der Waals surface area contributed by atoms with Crippen molar-refractivity contribution in [2.45, 2.75) is 31.8 Å². The summed E-state index contributed by atoms with van der Waals surface area (Å²) in [7, 11) is 0. The lowest BCUT2D eigenvalue weighted by atomic mass is 10.2. The highest BCUT2D eigenvalue weighted by Crippen LogP contribution is 2.18. The molecule has 1 rings (SSSR count). The zero-order valence-corrected chi connectivity index (χ0v) is 11.8. The van der Waals surface area contributed by atoms with E-state index in [9.17, 15) is 19.2 Å². The van der Waals surface area contributed by atoms with Gasteiger partial charge in [0.2, 0.25) is 17.7 Å². The van der Waals surface area contributed by atoms with Crippen molar-refractivity contribution in [3.63, 3.8) is 0 Å². The van der Waals surface area contributed by atoms with Crippen LogP contribution in [0.15, 0.2) is 0 Å². The highest BCUT2D eigenvalue weighted by Gasteiger charge is 2.36. The van der Waals surface area contributed by atoms with Gasteiger partial charge in [-0.1, -0.05) is 0 Å². The molecule has 0 aromatic heterocycles. The van der Waals surface area contributed by atoms with Gasteiger partial charge >= 0.3 is 5.97 Å². The smallest absolute Gasteiger partial charge is 0.322 e. The number of carboxylic acid groups (broad SMARTS) is 1. The van der Waals surface area contributed by atoms with Gasteiger partial charge < -0.3 is 26.4 Å². The third-order valence-electron chi connectivity index (χ3n) is 3.19. The van der Waals surface area contributed by atoms with Crippen molar-refractivity contribution >= 4 is 23.7 Å². The Morgan fingerprint density at radius 1 is 1.38 bits per heavy atom. The number of carboxylic acids is 1. The van der Waals surface area contributed by atoms with Gasteiger partial charge in [0.1, 0.15) is 18.6 Å². The number of hydrogen-bond acceptors (Lipinski definition) is 5. The second-order valence-electron chi connectivity index (χ2n) is 4.79. The molecule has 21 heavy (non-hydrogen) atoms. The van der Waals surface area contributed by atoms with Crippen molar-refractivity contribution in [1.82, 2.24) is 15.5 Å². The number of nitrogens with two attached hydrogens (primary N) is 1. The fraction of sp³-hybridized carbons (Fsp3) is 0.667. The molecule has 0 radical (unpaired) electrons. The molecular weight excluding hydrogens is 280 g/mol. The average molecular weight is 300 g/mol. The number of aliphatic carboxylic acids is 1. The topological polar surface area (TPSA) is 142 Å². The van der Waals surface area contributed by atoms with Crippen molar-refractivity contribution in [2.24, 2.45) is 5.73 Å². The molecule has 0 aromatic carbocycles. The first-order chi connectivity index (χ1) is 9.86. The second kappa shape index (κ2) is 7.58. The van der Waals surface area contributed by atoms with Crippen LogP contribution in [0.4, 0.5) is 0 Å². The van der Waals surface area contributed by atoms with E-state index in [1.165, 1.54) is 11.8 Å². The molecular formula is C12H20N4O5. The number of rotatable bonds is 6. The van der Waals surface area contributed by atoms with Gasteiger partial charge in [0.15, 0.2) is 0 Å². The van der Waals surface area contributed by atoms with Gasteiger partial charge in [-0.3, -0.25) is 19.2 Å². The Bertz CT molecular complexity index is 439. The zero-order chi connectivity index (χ0) is 16.0. The first kappa shape index (κ1) is 16.9. The van der Waals surface area contributed by atoms with Crippen molar-refractivity contribution < 1.29 is 24.3 Å². The van der Waals surface area contributed by atoms with E-state index in [0.29, 0.717) is 19.4 Å².